The third kappa shape index (κ3) is 1.40. The molecule has 1 aromatic rings. The fourth-order valence-corrected chi connectivity index (χ4v) is 3.61. The van der Waals surface area contributed by atoms with Gasteiger partial charge < -0.3 is 14.9 Å². The average Bonchev–Trinajstić information content (AvgIpc) is 2.67. The Bertz CT molecular complexity index is 576. The van der Waals surface area contributed by atoms with E-state index >= 15 is 0 Å². The molecule has 0 aromatic heterocycles. The zero-order valence-corrected chi connectivity index (χ0v) is 11.4. The number of fused-ring (bicyclic) bond motifs is 2. The van der Waals surface area contributed by atoms with Gasteiger partial charge in [0.1, 0.15) is 17.3 Å². The Morgan fingerprint density at radius 2 is 2.00 bits per heavy atom. The highest BCUT2D eigenvalue weighted by Crippen LogP contribution is 2.60. The van der Waals surface area contributed by atoms with Gasteiger partial charge in [0.05, 0.1) is 5.41 Å². The van der Waals surface area contributed by atoms with Crippen LogP contribution in [-0.4, -0.2) is 22.3 Å². The first-order valence-corrected chi connectivity index (χ1v) is 6.48. The number of hydrogen-bond donors (Lipinski definition) is 2. The van der Waals surface area contributed by atoms with Crippen molar-refractivity contribution in [2.24, 2.45) is 5.41 Å². The number of aliphatic hydroxyl groups is 1. The fraction of sp³-hybridized carbons (Fsp3) is 0.533. The molecule has 1 aromatic carbocycles. The monoisotopic (exact) mass is 262 g/mol. The SMILES string of the molecule is Cc1cc2c(cc1O)[C@@]1(CC(=O)CC1(C)C)[C@@H](O)O2. The first kappa shape index (κ1) is 12.5. The van der Waals surface area contributed by atoms with Crippen molar-refractivity contribution in [3.63, 3.8) is 0 Å². The Morgan fingerprint density at radius 3 is 2.58 bits per heavy atom. The third-order valence-electron chi connectivity index (χ3n) is 4.76. The number of aromatic hydroxyl groups is 1. The minimum atomic E-state index is -1.04. The molecule has 3 rings (SSSR count). The average molecular weight is 262 g/mol. The molecule has 1 aliphatic heterocycles. The van der Waals surface area contributed by atoms with Crippen LogP contribution in [0.5, 0.6) is 11.5 Å². The van der Waals surface area contributed by atoms with Gasteiger partial charge in [-0.2, -0.15) is 0 Å². The Kier molecular flexibility index (Phi) is 2.31. The summed E-state index contributed by atoms with van der Waals surface area (Å²) in [6.07, 6.45) is -0.358. The number of aryl methyl sites for hydroxylation is 1. The van der Waals surface area contributed by atoms with Gasteiger partial charge >= 0.3 is 0 Å². The predicted octanol–water partition coefficient (Wildman–Crippen LogP) is 2.04. The molecular formula is C15H18O4. The number of carbonyl (C=O) groups excluding carboxylic acids is 1. The van der Waals surface area contributed by atoms with Crippen LogP contribution in [0.3, 0.4) is 0 Å². The van der Waals surface area contributed by atoms with Crippen LogP contribution in [0.4, 0.5) is 0 Å². The minimum absolute atomic E-state index is 0.126. The molecule has 0 saturated heterocycles. The van der Waals surface area contributed by atoms with E-state index in [0.717, 1.165) is 5.56 Å². The molecule has 0 bridgehead atoms. The van der Waals surface area contributed by atoms with Crippen molar-refractivity contribution in [3.05, 3.63) is 23.3 Å². The Balaban J connectivity index is 2.25. The van der Waals surface area contributed by atoms with E-state index in [1.54, 1.807) is 19.1 Å². The number of phenols is 1. The highest BCUT2D eigenvalue weighted by atomic mass is 16.6. The molecule has 1 fully saturated rings. The van der Waals surface area contributed by atoms with Crippen molar-refractivity contribution in [2.75, 3.05) is 0 Å². The Hall–Kier alpha value is -1.55. The molecule has 19 heavy (non-hydrogen) atoms. The number of aliphatic hydroxyl groups excluding tert-OH is 1. The first-order valence-electron chi connectivity index (χ1n) is 6.48. The van der Waals surface area contributed by atoms with Crippen LogP contribution < -0.4 is 4.74 Å². The van der Waals surface area contributed by atoms with E-state index in [9.17, 15) is 15.0 Å². The molecule has 2 aliphatic rings. The van der Waals surface area contributed by atoms with E-state index in [0.29, 0.717) is 17.7 Å². The van der Waals surface area contributed by atoms with Gasteiger partial charge in [-0.15, -0.1) is 0 Å². The maximum atomic E-state index is 11.9. The van der Waals surface area contributed by atoms with Crippen LogP contribution in [-0.2, 0) is 10.2 Å². The lowest BCUT2D eigenvalue weighted by Gasteiger charge is -2.38. The molecule has 0 radical (unpaired) electrons. The summed E-state index contributed by atoms with van der Waals surface area (Å²) >= 11 is 0. The minimum Gasteiger partial charge on any atom is -0.508 e. The number of hydrogen-bond acceptors (Lipinski definition) is 4. The fourth-order valence-electron chi connectivity index (χ4n) is 3.61. The van der Waals surface area contributed by atoms with Crippen molar-refractivity contribution >= 4 is 5.78 Å². The standard InChI is InChI=1S/C15H18O4/c1-8-4-12-10(5-11(8)17)15(13(18)19-12)7-9(16)6-14(15,2)3/h4-5,13,17-18H,6-7H2,1-3H3/t13-,15-/m0/s1. The van der Waals surface area contributed by atoms with Crippen LogP contribution in [0.25, 0.3) is 0 Å². The number of ether oxygens (including phenoxy) is 1. The third-order valence-corrected chi connectivity index (χ3v) is 4.76. The van der Waals surface area contributed by atoms with Crippen molar-refractivity contribution < 1.29 is 19.7 Å². The summed E-state index contributed by atoms with van der Waals surface area (Å²) in [5.41, 5.74) is 0.310. The lowest BCUT2D eigenvalue weighted by molar-refractivity contribution is -0.119. The smallest absolute Gasteiger partial charge is 0.208 e. The van der Waals surface area contributed by atoms with Gasteiger partial charge in [-0.25, -0.2) is 0 Å². The predicted molar refractivity (Wildman–Crippen MR) is 69.2 cm³/mol. The zero-order chi connectivity index (χ0) is 14.0. The van der Waals surface area contributed by atoms with E-state index in [-0.39, 0.29) is 18.0 Å². The lowest BCUT2D eigenvalue weighted by Crippen LogP contribution is -2.46. The maximum Gasteiger partial charge on any atom is 0.208 e. The van der Waals surface area contributed by atoms with Gasteiger partial charge in [0.25, 0.3) is 0 Å². The van der Waals surface area contributed by atoms with Gasteiger partial charge in [-0.1, -0.05) is 13.8 Å². The summed E-state index contributed by atoms with van der Waals surface area (Å²) in [6.45, 7) is 5.72. The van der Waals surface area contributed by atoms with Gasteiger partial charge in [-0.05, 0) is 30.0 Å². The summed E-state index contributed by atoms with van der Waals surface area (Å²) in [4.78, 5) is 11.9. The van der Waals surface area contributed by atoms with E-state index < -0.39 is 17.1 Å². The van der Waals surface area contributed by atoms with Gasteiger partial charge in [0.2, 0.25) is 6.29 Å². The molecule has 1 heterocycles. The normalized spacial score (nSPS) is 31.6. The van der Waals surface area contributed by atoms with E-state index in [4.69, 9.17) is 4.74 Å². The second kappa shape index (κ2) is 3.51. The molecule has 1 spiro atoms. The molecule has 2 atom stereocenters. The topological polar surface area (TPSA) is 66.8 Å². The van der Waals surface area contributed by atoms with Gasteiger partial charge in [0.15, 0.2) is 0 Å². The molecule has 0 amide bonds. The second-order valence-corrected chi connectivity index (χ2v) is 6.35. The lowest BCUT2D eigenvalue weighted by atomic mass is 9.64. The molecule has 1 saturated carbocycles. The molecule has 2 N–H and O–H groups in total. The zero-order valence-electron chi connectivity index (χ0n) is 11.4. The Morgan fingerprint density at radius 1 is 1.32 bits per heavy atom. The summed E-state index contributed by atoms with van der Waals surface area (Å²) < 4.78 is 5.56. The van der Waals surface area contributed by atoms with Crippen LogP contribution in [0.1, 0.15) is 37.8 Å². The van der Waals surface area contributed by atoms with Gasteiger partial charge in [-0.3, -0.25) is 4.79 Å². The molecule has 1 aliphatic carbocycles. The van der Waals surface area contributed by atoms with Crippen LogP contribution in [0.15, 0.2) is 12.1 Å². The summed E-state index contributed by atoms with van der Waals surface area (Å²) in [6, 6.07) is 3.36. The van der Waals surface area contributed by atoms with Crippen molar-refractivity contribution in [2.45, 2.75) is 45.3 Å². The second-order valence-electron chi connectivity index (χ2n) is 6.35. The van der Waals surface area contributed by atoms with E-state index in [1.807, 2.05) is 13.8 Å². The van der Waals surface area contributed by atoms with Gasteiger partial charge in [0, 0.05) is 18.4 Å². The molecule has 102 valence electrons. The molecule has 0 unspecified atom stereocenters. The molecular weight excluding hydrogens is 244 g/mol. The van der Waals surface area contributed by atoms with E-state index in [2.05, 4.69) is 0 Å². The van der Waals surface area contributed by atoms with Crippen molar-refractivity contribution in [1.82, 2.24) is 0 Å². The highest BCUT2D eigenvalue weighted by molar-refractivity contribution is 5.85. The van der Waals surface area contributed by atoms with Crippen molar-refractivity contribution in [3.8, 4) is 11.5 Å². The number of ketones is 1. The first-order chi connectivity index (χ1) is 8.78. The summed E-state index contributed by atoms with van der Waals surface area (Å²) in [5, 5.41) is 20.3. The number of carbonyl (C=O) groups is 1. The highest BCUT2D eigenvalue weighted by Gasteiger charge is 2.62. The van der Waals surface area contributed by atoms with Crippen LogP contribution in [0.2, 0.25) is 0 Å². The number of rotatable bonds is 0. The summed E-state index contributed by atoms with van der Waals surface area (Å²) in [5.74, 6) is 0.872. The molecule has 4 heteroatoms. The number of benzene rings is 1. The van der Waals surface area contributed by atoms with E-state index in [1.165, 1.54) is 0 Å². The van der Waals surface area contributed by atoms with Crippen molar-refractivity contribution in [1.29, 1.82) is 0 Å². The Labute approximate surface area is 112 Å². The number of phenolic OH excluding ortho intramolecular Hbond substituents is 1. The largest absolute Gasteiger partial charge is 0.508 e. The van der Waals surface area contributed by atoms with Crippen LogP contribution >= 0.6 is 0 Å². The quantitative estimate of drug-likeness (QED) is 0.751. The maximum absolute atomic E-state index is 11.9. The molecule has 4 nitrogen and oxygen atoms in total. The van der Waals surface area contributed by atoms with Crippen LogP contribution in [0, 0.1) is 12.3 Å². The summed E-state index contributed by atoms with van der Waals surface area (Å²) in [7, 11) is 0. The number of Topliss-reactive ketones (excluding diaryl/α,β-unsaturated/α-hetero) is 1.